The maximum absolute atomic E-state index is 12.2. The molecular formula is C16H25N3O. The van der Waals surface area contributed by atoms with E-state index < -0.39 is 0 Å². The van der Waals surface area contributed by atoms with E-state index in [1.54, 1.807) is 6.07 Å². The second kappa shape index (κ2) is 5.81. The third-order valence-electron chi connectivity index (χ3n) is 3.90. The number of carbonyl (C=O) groups excluding carboxylic acids is 1. The van der Waals surface area contributed by atoms with Gasteiger partial charge in [0.05, 0.1) is 0 Å². The molecule has 4 nitrogen and oxygen atoms in total. The minimum absolute atomic E-state index is 0.0449. The monoisotopic (exact) mass is 275 g/mol. The minimum atomic E-state index is -0.115. The molecular weight excluding hydrogens is 250 g/mol. The number of aromatic nitrogens is 1. The van der Waals surface area contributed by atoms with Gasteiger partial charge in [-0.15, -0.1) is 0 Å². The van der Waals surface area contributed by atoms with Gasteiger partial charge in [-0.25, -0.2) is 4.98 Å². The Balaban J connectivity index is 2.07. The van der Waals surface area contributed by atoms with Crippen LogP contribution in [0.15, 0.2) is 12.1 Å². The Morgan fingerprint density at radius 3 is 2.60 bits per heavy atom. The molecule has 4 heteroatoms. The number of nitrogens with one attached hydrogen (secondary N) is 1. The molecule has 0 saturated heterocycles. The van der Waals surface area contributed by atoms with Crippen molar-refractivity contribution in [1.82, 2.24) is 10.3 Å². The van der Waals surface area contributed by atoms with Crippen LogP contribution in [0.1, 0.15) is 62.5 Å². The van der Waals surface area contributed by atoms with E-state index in [2.05, 4.69) is 31.1 Å². The Bertz CT molecular complexity index is 485. The van der Waals surface area contributed by atoms with Gasteiger partial charge in [0.25, 0.3) is 5.91 Å². The average Bonchev–Trinajstić information content (AvgIpc) is 2.87. The van der Waals surface area contributed by atoms with Gasteiger partial charge in [-0.3, -0.25) is 4.79 Å². The predicted octanol–water partition coefficient (Wildman–Crippen LogP) is 2.88. The number of nitrogens with two attached hydrogens (primary N) is 1. The van der Waals surface area contributed by atoms with Crippen LogP contribution in [0.4, 0.5) is 5.82 Å². The highest BCUT2D eigenvalue weighted by Gasteiger charge is 2.20. The van der Waals surface area contributed by atoms with Crippen molar-refractivity contribution in [1.29, 1.82) is 0 Å². The van der Waals surface area contributed by atoms with E-state index in [1.165, 1.54) is 25.7 Å². The number of amides is 1. The van der Waals surface area contributed by atoms with Crippen LogP contribution < -0.4 is 11.1 Å². The second-order valence-corrected chi connectivity index (χ2v) is 6.78. The molecule has 1 amide bonds. The molecule has 0 aliphatic heterocycles. The van der Waals surface area contributed by atoms with Crippen molar-refractivity contribution in [2.75, 3.05) is 12.3 Å². The largest absolute Gasteiger partial charge is 0.384 e. The first-order valence-electron chi connectivity index (χ1n) is 7.42. The normalized spacial score (nSPS) is 16.4. The van der Waals surface area contributed by atoms with Gasteiger partial charge in [-0.05, 0) is 30.9 Å². The van der Waals surface area contributed by atoms with Crippen molar-refractivity contribution >= 4 is 11.7 Å². The summed E-state index contributed by atoms with van der Waals surface area (Å²) in [6, 6.07) is 3.50. The lowest BCUT2D eigenvalue weighted by molar-refractivity contribution is 0.0947. The minimum Gasteiger partial charge on any atom is -0.384 e. The Kier molecular flexibility index (Phi) is 4.31. The molecule has 20 heavy (non-hydrogen) atoms. The van der Waals surface area contributed by atoms with E-state index in [0.29, 0.717) is 17.3 Å². The first-order valence-corrected chi connectivity index (χ1v) is 7.42. The van der Waals surface area contributed by atoms with Crippen molar-refractivity contribution in [2.45, 2.75) is 51.9 Å². The molecule has 1 aliphatic carbocycles. The highest BCUT2D eigenvalue weighted by atomic mass is 16.1. The van der Waals surface area contributed by atoms with E-state index in [1.807, 2.05) is 6.07 Å². The summed E-state index contributed by atoms with van der Waals surface area (Å²) in [5, 5.41) is 3.02. The van der Waals surface area contributed by atoms with Crippen LogP contribution in [0.2, 0.25) is 0 Å². The summed E-state index contributed by atoms with van der Waals surface area (Å²) in [6.45, 7) is 6.96. The summed E-state index contributed by atoms with van der Waals surface area (Å²) < 4.78 is 0. The summed E-state index contributed by atoms with van der Waals surface area (Å²) in [7, 11) is 0. The molecule has 0 atom stereocenters. The van der Waals surface area contributed by atoms with Crippen LogP contribution in [-0.2, 0) is 5.41 Å². The zero-order valence-electron chi connectivity index (χ0n) is 12.7. The Morgan fingerprint density at radius 2 is 2.00 bits per heavy atom. The Hall–Kier alpha value is -1.58. The lowest BCUT2D eigenvalue weighted by Crippen LogP contribution is -2.29. The summed E-state index contributed by atoms with van der Waals surface area (Å²) >= 11 is 0. The second-order valence-electron chi connectivity index (χ2n) is 6.78. The average molecular weight is 275 g/mol. The molecule has 1 saturated carbocycles. The van der Waals surface area contributed by atoms with Gasteiger partial charge < -0.3 is 11.1 Å². The quantitative estimate of drug-likeness (QED) is 0.891. The van der Waals surface area contributed by atoms with Crippen LogP contribution in [0.3, 0.4) is 0 Å². The molecule has 0 bridgehead atoms. The summed E-state index contributed by atoms with van der Waals surface area (Å²) in [5.41, 5.74) is 7.17. The number of nitrogen functional groups attached to an aromatic ring is 1. The highest BCUT2D eigenvalue weighted by Crippen LogP contribution is 2.24. The van der Waals surface area contributed by atoms with Gasteiger partial charge >= 0.3 is 0 Å². The molecule has 0 aromatic carbocycles. The molecule has 0 spiro atoms. The van der Waals surface area contributed by atoms with Gasteiger partial charge in [0.1, 0.15) is 5.82 Å². The van der Waals surface area contributed by atoms with E-state index in [9.17, 15) is 4.79 Å². The molecule has 0 unspecified atom stereocenters. The number of pyridine rings is 1. The lowest BCUT2D eigenvalue weighted by Gasteiger charge is -2.19. The number of hydrogen-bond donors (Lipinski definition) is 2. The Labute approximate surface area is 121 Å². The fourth-order valence-corrected chi connectivity index (χ4v) is 2.62. The Morgan fingerprint density at radius 1 is 1.35 bits per heavy atom. The van der Waals surface area contributed by atoms with Crippen LogP contribution in [0.25, 0.3) is 0 Å². The topological polar surface area (TPSA) is 68.0 Å². The third-order valence-corrected chi connectivity index (χ3v) is 3.90. The van der Waals surface area contributed by atoms with Crippen molar-refractivity contribution in [2.24, 2.45) is 5.92 Å². The van der Waals surface area contributed by atoms with Crippen molar-refractivity contribution in [3.05, 3.63) is 23.4 Å². The summed E-state index contributed by atoms with van der Waals surface area (Å²) in [5.74, 6) is 1.00. The number of hydrogen-bond acceptors (Lipinski definition) is 3. The molecule has 1 fully saturated rings. The number of nitrogens with zero attached hydrogens (tertiary/aromatic N) is 1. The van der Waals surface area contributed by atoms with E-state index in [-0.39, 0.29) is 11.3 Å². The summed E-state index contributed by atoms with van der Waals surface area (Å²) in [6.07, 6.45) is 5.03. The summed E-state index contributed by atoms with van der Waals surface area (Å²) in [4.78, 5) is 16.6. The van der Waals surface area contributed by atoms with Gasteiger partial charge in [0.2, 0.25) is 0 Å². The fraction of sp³-hybridized carbons (Fsp3) is 0.625. The molecule has 0 radical (unpaired) electrons. The lowest BCUT2D eigenvalue weighted by atomic mass is 9.90. The fourth-order valence-electron chi connectivity index (χ4n) is 2.62. The number of anilines is 1. The van der Waals surface area contributed by atoms with E-state index in [4.69, 9.17) is 5.73 Å². The van der Waals surface area contributed by atoms with Crippen LogP contribution in [-0.4, -0.2) is 17.4 Å². The van der Waals surface area contributed by atoms with Crippen molar-refractivity contribution in [3.63, 3.8) is 0 Å². The molecule has 3 N–H and O–H groups in total. The molecule has 1 aromatic rings. The van der Waals surface area contributed by atoms with Gasteiger partial charge in [0.15, 0.2) is 0 Å². The number of rotatable bonds is 3. The first-order chi connectivity index (χ1) is 9.36. The maximum Gasteiger partial charge on any atom is 0.251 e. The molecule has 1 aliphatic rings. The van der Waals surface area contributed by atoms with E-state index in [0.717, 1.165) is 12.2 Å². The third kappa shape index (κ3) is 3.71. The first kappa shape index (κ1) is 14.8. The molecule has 110 valence electrons. The zero-order chi connectivity index (χ0) is 14.8. The van der Waals surface area contributed by atoms with Crippen LogP contribution >= 0.6 is 0 Å². The van der Waals surface area contributed by atoms with Gasteiger partial charge in [0, 0.05) is 23.2 Å². The maximum atomic E-state index is 12.2. The van der Waals surface area contributed by atoms with Crippen LogP contribution in [0.5, 0.6) is 0 Å². The van der Waals surface area contributed by atoms with Crippen molar-refractivity contribution < 1.29 is 4.79 Å². The van der Waals surface area contributed by atoms with Gasteiger partial charge in [-0.1, -0.05) is 33.6 Å². The smallest absolute Gasteiger partial charge is 0.251 e. The SMILES string of the molecule is CC(C)(C)c1cc(C(=O)NCC2CCCC2)cc(N)n1. The van der Waals surface area contributed by atoms with Crippen LogP contribution in [0, 0.1) is 5.92 Å². The predicted molar refractivity (Wildman–Crippen MR) is 81.6 cm³/mol. The van der Waals surface area contributed by atoms with Crippen molar-refractivity contribution in [3.8, 4) is 0 Å². The van der Waals surface area contributed by atoms with Gasteiger partial charge in [-0.2, -0.15) is 0 Å². The molecule has 1 heterocycles. The standard InChI is InChI=1S/C16H25N3O/c1-16(2,3)13-8-12(9-14(17)19-13)15(20)18-10-11-6-4-5-7-11/h8-9,11H,4-7,10H2,1-3H3,(H2,17,19)(H,18,20). The zero-order valence-corrected chi connectivity index (χ0v) is 12.7. The highest BCUT2D eigenvalue weighted by molar-refractivity contribution is 5.95. The molecule has 1 aromatic heterocycles. The van der Waals surface area contributed by atoms with E-state index >= 15 is 0 Å². The number of carbonyl (C=O) groups is 1. The molecule has 2 rings (SSSR count).